The van der Waals surface area contributed by atoms with E-state index in [4.69, 9.17) is 9.68 Å². The summed E-state index contributed by atoms with van der Waals surface area (Å²) in [4.78, 5) is 20.1. The first-order valence-corrected chi connectivity index (χ1v) is 9.68. The average molecular weight is 380 g/mol. The smallest absolute Gasteiger partial charge is 0.125 e. The van der Waals surface area contributed by atoms with Gasteiger partial charge in [0.2, 0.25) is 0 Å². The third-order valence-electron chi connectivity index (χ3n) is 4.57. The van der Waals surface area contributed by atoms with Crippen molar-refractivity contribution in [3.05, 3.63) is 59.2 Å². The zero-order valence-corrected chi connectivity index (χ0v) is 17.1. The van der Waals surface area contributed by atoms with Crippen molar-refractivity contribution in [1.29, 1.82) is 0 Å². The predicted octanol–water partition coefficient (Wildman–Crippen LogP) is 4.31. The van der Waals surface area contributed by atoms with Gasteiger partial charge in [0, 0.05) is 17.3 Å². The second-order valence-electron chi connectivity index (χ2n) is 7.95. The van der Waals surface area contributed by atoms with Crippen LogP contribution in [0.5, 0.6) is 0 Å². The molecule has 0 radical (unpaired) electrons. The topological polar surface area (TPSA) is 69.0 Å². The molecule has 2 heterocycles. The van der Waals surface area contributed by atoms with Crippen molar-refractivity contribution < 1.29 is 9.68 Å². The van der Waals surface area contributed by atoms with Crippen LogP contribution in [0.4, 0.5) is 0 Å². The summed E-state index contributed by atoms with van der Waals surface area (Å²) >= 11 is 0. The lowest BCUT2D eigenvalue weighted by Gasteiger charge is -2.22. The highest BCUT2D eigenvalue weighted by Crippen LogP contribution is 2.22. The number of oxime groups is 2. The molecule has 28 heavy (non-hydrogen) atoms. The van der Waals surface area contributed by atoms with Crippen molar-refractivity contribution in [2.45, 2.75) is 47.0 Å². The van der Waals surface area contributed by atoms with E-state index in [1.165, 1.54) is 5.56 Å². The maximum atomic E-state index is 5.68. The Morgan fingerprint density at radius 3 is 2.71 bits per heavy atom. The standard InChI is InChI=1S/C22H28N4O2/c1-16-11-12-18-8-7-10-20(21(18)24-16)26-28-15-22(3,4)14-27-25-17(2)19-9-5-6-13-23-19/h5-6,9,11-13H,7-8,10,14-15H2,1-4H3. The van der Waals surface area contributed by atoms with E-state index in [0.29, 0.717) is 13.2 Å². The quantitative estimate of drug-likeness (QED) is 0.530. The lowest BCUT2D eigenvalue weighted by atomic mass is 9.94. The van der Waals surface area contributed by atoms with Gasteiger partial charge in [-0.15, -0.1) is 0 Å². The van der Waals surface area contributed by atoms with Gasteiger partial charge in [-0.3, -0.25) is 9.97 Å². The third kappa shape index (κ3) is 5.38. The highest BCUT2D eigenvalue weighted by Gasteiger charge is 2.22. The number of fused-ring (bicyclic) bond motifs is 1. The van der Waals surface area contributed by atoms with Crippen molar-refractivity contribution >= 4 is 11.4 Å². The van der Waals surface area contributed by atoms with E-state index in [-0.39, 0.29) is 5.41 Å². The second kappa shape index (κ2) is 8.95. The third-order valence-corrected chi connectivity index (χ3v) is 4.57. The molecule has 148 valence electrons. The molecule has 2 aromatic rings. The zero-order chi connectivity index (χ0) is 20.0. The van der Waals surface area contributed by atoms with Crippen LogP contribution in [0.2, 0.25) is 0 Å². The minimum absolute atomic E-state index is 0.227. The predicted molar refractivity (Wildman–Crippen MR) is 111 cm³/mol. The summed E-state index contributed by atoms with van der Waals surface area (Å²) in [6.07, 6.45) is 4.77. The molecular weight excluding hydrogens is 352 g/mol. The van der Waals surface area contributed by atoms with E-state index in [1.54, 1.807) is 6.20 Å². The molecule has 6 nitrogen and oxygen atoms in total. The summed E-state index contributed by atoms with van der Waals surface area (Å²) in [5, 5.41) is 8.56. The molecule has 0 fully saturated rings. The lowest BCUT2D eigenvalue weighted by molar-refractivity contribution is -0.000158. The summed E-state index contributed by atoms with van der Waals surface area (Å²) in [5.41, 5.74) is 5.50. The highest BCUT2D eigenvalue weighted by molar-refractivity contribution is 6.00. The number of aryl methyl sites for hydroxylation is 2. The van der Waals surface area contributed by atoms with E-state index in [9.17, 15) is 0 Å². The van der Waals surface area contributed by atoms with Crippen molar-refractivity contribution in [2.24, 2.45) is 15.7 Å². The van der Waals surface area contributed by atoms with Crippen molar-refractivity contribution in [1.82, 2.24) is 9.97 Å². The van der Waals surface area contributed by atoms with Crippen LogP contribution in [0.1, 0.15) is 56.3 Å². The molecule has 3 rings (SSSR count). The Hall–Kier alpha value is -2.76. The molecule has 1 aliphatic rings. The molecule has 0 bridgehead atoms. The van der Waals surface area contributed by atoms with Gasteiger partial charge in [-0.2, -0.15) is 0 Å². The van der Waals surface area contributed by atoms with E-state index in [1.807, 2.05) is 32.0 Å². The maximum Gasteiger partial charge on any atom is 0.125 e. The minimum atomic E-state index is -0.227. The van der Waals surface area contributed by atoms with Gasteiger partial charge in [0.05, 0.1) is 11.4 Å². The second-order valence-corrected chi connectivity index (χ2v) is 7.95. The molecule has 0 N–H and O–H groups in total. The van der Waals surface area contributed by atoms with Gasteiger partial charge in [-0.05, 0) is 56.9 Å². The first-order valence-electron chi connectivity index (χ1n) is 9.68. The molecule has 0 unspecified atom stereocenters. The number of hydrogen-bond acceptors (Lipinski definition) is 6. The SMILES string of the molecule is CC(=NOCC(C)(C)CON=C1CCCc2ccc(C)nc21)c1ccccn1. The van der Waals surface area contributed by atoms with Gasteiger partial charge in [0.15, 0.2) is 0 Å². The van der Waals surface area contributed by atoms with E-state index >= 15 is 0 Å². The molecule has 6 heteroatoms. The lowest BCUT2D eigenvalue weighted by Crippen LogP contribution is -2.24. The van der Waals surface area contributed by atoms with E-state index < -0.39 is 0 Å². The van der Waals surface area contributed by atoms with Crippen LogP contribution in [-0.4, -0.2) is 34.6 Å². The number of rotatable bonds is 7. The normalized spacial score (nSPS) is 16.0. The number of aromatic nitrogens is 2. The molecule has 2 aromatic heterocycles. The fourth-order valence-electron chi connectivity index (χ4n) is 2.94. The van der Waals surface area contributed by atoms with Crippen molar-refractivity contribution in [3.8, 4) is 0 Å². The van der Waals surface area contributed by atoms with Gasteiger partial charge in [0.25, 0.3) is 0 Å². The Bertz CT molecular complexity index is 860. The molecule has 0 spiro atoms. The summed E-state index contributed by atoms with van der Waals surface area (Å²) in [5.74, 6) is 0. The number of nitrogens with zero attached hydrogens (tertiary/aromatic N) is 4. The fourth-order valence-corrected chi connectivity index (χ4v) is 2.94. The Labute approximate surface area is 166 Å². The molecule has 0 aliphatic heterocycles. The highest BCUT2D eigenvalue weighted by atomic mass is 16.6. The first kappa shape index (κ1) is 20.0. The molecule has 0 saturated carbocycles. The summed E-state index contributed by atoms with van der Waals surface area (Å²) < 4.78 is 0. The van der Waals surface area contributed by atoms with Crippen LogP contribution in [0.25, 0.3) is 0 Å². The van der Waals surface area contributed by atoms with E-state index in [0.717, 1.165) is 47.8 Å². The summed E-state index contributed by atoms with van der Waals surface area (Å²) in [7, 11) is 0. The van der Waals surface area contributed by atoms with Crippen LogP contribution in [0.15, 0.2) is 46.8 Å². The fraction of sp³-hybridized carbons (Fsp3) is 0.455. The van der Waals surface area contributed by atoms with Crippen LogP contribution in [0.3, 0.4) is 0 Å². The van der Waals surface area contributed by atoms with Crippen molar-refractivity contribution in [2.75, 3.05) is 13.2 Å². The molecular formula is C22H28N4O2. The first-order chi connectivity index (χ1) is 13.4. The van der Waals surface area contributed by atoms with Crippen LogP contribution in [-0.2, 0) is 16.1 Å². The van der Waals surface area contributed by atoms with Crippen molar-refractivity contribution in [3.63, 3.8) is 0 Å². The average Bonchev–Trinajstić information content (AvgIpc) is 2.68. The van der Waals surface area contributed by atoms with Gasteiger partial charge < -0.3 is 9.68 Å². The van der Waals surface area contributed by atoms with Crippen LogP contribution < -0.4 is 0 Å². The molecule has 1 aliphatic carbocycles. The van der Waals surface area contributed by atoms with E-state index in [2.05, 4.69) is 46.3 Å². The zero-order valence-electron chi connectivity index (χ0n) is 17.1. The van der Waals surface area contributed by atoms with Gasteiger partial charge in [-0.1, -0.05) is 36.3 Å². The van der Waals surface area contributed by atoms with Gasteiger partial charge in [0.1, 0.15) is 24.6 Å². The van der Waals surface area contributed by atoms with Gasteiger partial charge in [-0.25, -0.2) is 0 Å². The summed E-state index contributed by atoms with van der Waals surface area (Å²) in [6.45, 7) is 8.88. The molecule has 0 saturated heterocycles. The molecule has 0 amide bonds. The van der Waals surface area contributed by atoms with Crippen LogP contribution in [0, 0.1) is 12.3 Å². The Balaban J connectivity index is 1.54. The van der Waals surface area contributed by atoms with Gasteiger partial charge >= 0.3 is 0 Å². The number of hydrogen-bond donors (Lipinski definition) is 0. The minimum Gasteiger partial charge on any atom is -0.395 e. The van der Waals surface area contributed by atoms with Crippen LogP contribution >= 0.6 is 0 Å². The molecule has 0 atom stereocenters. The molecule has 0 aromatic carbocycles. The Kier molecular flexibility index (Phi) is 6.39. The maximum absolute atomic E-state index is 5.68. The summed E-state index contributed by atoms with van der Waals surface area (Å²) in [6, 6.07) is 9.91. The monoisotopic (exact) mass is 380 g/mol. The largest absolute Gasteiger partial charge is 0.395 e. The number of pyridine rings is 2. The Morgan fingerprint density at radius 2 is 1.93 bits per heavy atom. The Morgan fingerprint density at radius 1 is 1.11 bits per heavy atom.